The molecule has 58 valence electrons. The maximum absolute atomic E-state index is 10.6. The molecule has 0 aromatic carbocycles. The molecule has 0 aliphatic heterocycles. The Labute approximate surface area is 73.7 Å². The van der Waals surface area contributed by atoms with Gasteiger partial charge in [-0.2, -0.15) is 0 Å². The van der Waals surface area contributed by atoms with Gasteiger partial charge in [-0.1, -0.05) is 6.58 Å². The quantitative estimate of drug-likeness (QED) is 0.372. The van der Waals surface area contributed by atoms with Gasteiger partial charge in [0.15, 0.2) is 0 Å². The van der Waals surface area contributed by atoms with E-state index >= 15 is 0 Å². The van der Waals surface area contributed by atoms with Gasteiger partial charge in [-0.3, -0.25) is 0 Å². The Morgan fingerprint density at radius 2 is 1.90 bits per heavy atom. The fourth-order valence-electron chi connectivity index (χ4n) is 0.192. The smallest absolute Gasteiger partial charge is 0.341 e. The van der Waals surface area contributed by atoms with E-state index in [9.17, 15) is 4.79 Å². The van der Waals surface area contributed by atoms with Crippen LogP contribution >= 0.6 is 34.8 Å². The number of rotatable bonds is 1. The van der Waals surface area contributed by atoms with Crippen LogP contribution in [0.2, 0.25) is 0 Å². The minimum absolute atomic E-state index is 0.186. The summed E-state index contributed by atoms with van der Waals surface area (Å²) in [7, 11) is 0. The molecule has 5 heteroatoms. The average Bonchev–Trinajstić information content (AvgIpc) is 1.60. The number of ether oxygens (including phenoxy) is 1. The Morgan fingerprint density at radius 3 is 2.00 bits per heavy atom. The van der Waals surface area contributed by atoms with Gasteiger partial charge in [0.2, 0.25) is 0 Å². The summed E-state index contributed by atoms with van der Waals surface area (Å²) < 4.78 is 2.27. The first-order valence-corrected chi connectivity index (χ1v) is 3.42. The molecule has 0 saturated heterocycles. The summed E-state index contributed by atoms with van der Waals surface area (Å²) in [5.74, 6) is -0.722. The summed E-state index contributed by atoms with van der Waals surface area (Å²) in [5, 5.41) is 0. The maximum atomic E-state index is 10.6. The third kappa shape index (κ3) is 4.91. The monoisotopic (exact) mass is 202 g/mol. The predicted molar refractivity (Wildman–Crippen MR) is 41.2 cm³/mol. The Hall–Kier alpha value is 0.0800. The van der Waals surface area contributed by atoms with Crippen molar-refractivity contribution in [1.29, 1.82) is 0 Å². The van der Waals surface area contributed by atoms with Gasteiger partial charge in [0.1, 0.15) is 0 Å². The highest BCUT2D eigenvalue weighted by molar-refractivity contribution is 6.66. The first-order chi connectivity index (χ1) is 4.33. The van der Waals surface area contributed by atoms with Crippen LogP contribution < -0.4 is 0 Å². The highest BCUT2D eigenvalue weighted by Crippen LogP contribution is 2.27. The topological polar surface area (TPSA) is 26.3 Å². The van der Waals surface area contributed by atoms with Crippen molar-refractivity contribution in [2.24, 2.45) is 0 Å². The number of esters is 1. The number of hydrogen-bond acceptors (Lipinski definition) is 2. The highest BCUT2D eigenvalue weighted by Gasteiger charge is 2.25. The molecular weight excluding hydrogens is 198 g/mol. The van der Waals surface area contributed by atoms with Crippen LogP contribution in [0.15, 0.2) is 12.2 Å². The lowest BCUT2D eigenvalue weighted by atomic mass is 10.4. The van der Waals surface area contributed by atoms with E-state index in [0.717, 1.165) is 0 Å². The normalized spacial score (nSPS) is 10.8. The molecule has 0 rings (SSSR count). The van der Waals surface area contributed by atoms with Crippen molar-refractivity contribution < 1.29 is 9.53 Å². The van der Waals surface area contributed by atoms with Crippen molar-refractivity contribution in [3.63, 3.8) is 0 Å². The SMILES string of the molecule is C=C(C)C(=O)OC(Cl)(Cl)Cl. The van der Waals surface area contributed by atoms with E-state index in [1.54, 1.807) is 0 Å². The summed E-state index contributed by atoms with van der Waals surface area (Å²) in [6.45, 7) is 4.75. The number of hydrogen-bond donors (Lipinski definition) is 0. The van der Waals surface area contributed by atoms with E-state index in [0.29, 0.717) is 0 Å². The van der Waals surface area contributed by atoms with Gasteiger partial charge in [0, 0.05) is 5.57 Å². The fraction of sp³-hybridized carbons (Fsp3) is 0.400. The number of carbonyl (C=O) groups excluding carboxylic acids is 1. The molecule has 0 radical (unpaired) electrons. The summed E-state index contributed by atoms with van der Waals surface area (Å²) >= 11 is 15.4. The second kappa shape index (κ2) is 3.46. The Morgan fingerprint density at radius 1 is 1.50 bits per heavy atom. The molecule has 0 aliphatic carbocycles. The van der Waals surface area contributed by atoms with Crippen molar-refractivity contribution >= 4 is 40.8 Å². The van der Waals surface area contributed by atoms with Gasteiger partial charge in [-0.25, -0.2) is 4.79 Å². The lowest BCUT2D eigenvalue weighted by molar-refractivity contribution is -0.139. The van der Waals surface area contributed by atoms with Crippen LogP contribution in [0.3, 0.4) is 0 Å². The lowest BCUT2D eigenvalue weighted by Gasteiger charge is -2.10. The summed E-state index contributed by atoms with van der Waals surface area (Å²) in [6.07, 6.45) is 0. The van der Waals surface area contributed by atoms with Crippen LogP contribution in [0, 0.1) is 0 Å². The molecule has 10 heavy (non-hydrogen) atoms. The molecule has 0 amide bonds. The Balaban J connectivity index is 3.93. The minimum atomic E-state index is -1.99. The second-order valence-corrected chi connectivity index (χ2v) is 3.79. The number of alkyl halides is 3. The zero-order chi connectivity index (χ0) is 8.36. The van der Waals surface area contributed by atoms with Crippen molar-refractivity contribution in [2.75, 3.05) is 0 Å². The van der Waals surface area contributed by atoms with Gasteiger partial charge < -0.3 is 4.74 Å². The molecule has 0 aromatic heterocycles. The largest absolute Gasteiger partial charge is 0.411 e. The van der Waals surface area contributed by atoms with E-state index in [4.69, 9.17) is 34.8 Å². The molecule has 2 nitrogen and oxygen atoms in total. The van der Waals surface area contributed by atoms with Crippen LogP contribution in [0.5, 0.6) is 0 Å². The molecule has 0 saturated carbocycles. The first-order valence-electron chi connectivity index (χ1n) is 2.28. The molecule has 0 heterocycles. The first kappa shape index (κ1) is 10.1. The third-order valence-electron chi connectivity index (χ3n) is 0.557. The van der Waals surface area contributed by atoms with Gasteiger partial charge >= 0.3 is 9.95 Å². The molecule has 0 fully saturated rings. The van der Waals surface area contributed by atoms with Crippen LogP contribution in [0.25, 0.3) is 0 Å². The van der Waals surface area contributed by atoms with Crippen molar-refractivity contribution in [3.05, 3.63) is 12.2 Å². The molecule has 0 aliphatic rings. The molecular formula is C5H5Cl3O2. The van der Waals surface area contributed by atoms with Gasteiger partial charge in [0.25, 0.3) is 0 Å². The predicted octanol–water partition coefficient (Wildman–Crippen LogP) is 2.43. The van der Waals surface area contributed by atoms with Crippen molar-refractivity contribution in [2.45, 2.75) is 10.9 Å². The van der Waals surface area contributed by atoms with Crippen LogP contribution in [0.1, 0.15) is 6.92 Å². The molecule has 0 unspecified atom stereocenters. The van der Waals surface area contributed by atoms with E-state index in [2.05, 4.69) is 11.3 Å². The molecule has 0 spiro atoms. The minimum Gasteiger partial charge on any atom is -0.411 e. The van der Waals surface area contributed by atoms with E-state index in [1.807, 2.05) is 0 Å². The standard InChI is InChI=1S/C5H5Cl3O2/c1-3(2)4(9)10-5(6,7)8/h1H2,2H3. The van der Waals surface area contributed by atoms with E-state index in [1.165, 1.54) is 6.92 Å². The maximum Gasteiger partial charge on any atom is 0.341 e. The molecule has 0 aromatic rings. The Kier molecular flexibility index (Phi) is 3.49. The Bertz CT molecular complexity index is 159. The van der Waals surface area contributed by atoms with E-state index in [-0.39, 0.29) is 5.57 Å². The van der Waals surface area contributed by atoms with Crippen LogP contribution in [-0.2, 0) is 9.53 Å². The highest BCUT2D eigenvalue weighted by atomic mass is 35.6. The summed E-state index contributed by atoms with van der Waals surface area (Å²) in [6, 6.07) is 0. The van der Waals surface area contributed by atoms with Crippen LogP contribution in [0.4, 0.5) is 0 Å². The van der Waals surface area contributed by atoms with Crippen molar-refractivity contribution in [3.8, 4) is 0 Å². The molecule has 0 bridgehead atoms. The van der Waals surface area contributed by atoms with Crippen LogP contribution in [-0.4, -0.2) is 9.95 Å². The molecule has 0 N–H and O–H groups in total. The fourth-order valence-corrected chi connectivity index (χ4v) is 0.402. The lowest BCUT2D eigenvalue weighted by Crippen LogP contribution is -2.16. The summed E-state index contributed by atoms with van der Waals surface area (Å²) in [4.78, 5) is 10.6. The third-order valence-corrected chi connectivity index (χ3v) is 0.788. The second-order valence-electron chi connectivity index (χ2n) is 1.62. The van der Waals surface area contributed by atoms with Gasteiger partial charge in [0.05, 0.1) is 0 Å². The van der Waals surface area contributed by atoms with E-state index < -0.39 is 9.95 Å². The average molecular weight is 203 g/mol. The van der Waals surface area contributed by atoms with Gasteiger partial charge in [-0.05, 0) is 41.7 Å². The van der Waals surface area contributed by atoms with Gasteiger partial charge in [-0.15, -0.1) is 0 Å². The zero-order valence-electron chi connectivity index (χ0n) is 5.16. The van der Waals surface area contributed by atoms with Crippen molar-refractivity contribution in [1.82, 2.24) is 0 Å². The number of carbonyl (C=O) groups is 1. The number of halogens is 3. The zero-order valence-corrected chi connectivity index (χ0v) is 7.43. The molecule has 0 atom stereocenters. The summed E-state index contributed by atoms with van der Waals surface area (Å²) in [5.41, 5.74) is 0.186.